The van der Waals surface area contributed by atoms with Crippen LogP contribution in [0.3, 0.4) is 0 Å². The zero-order valence-electron chi connectivity index (χ0n) is 12.6. The van der Waals surface area contributed by atoms with E-state index in [1.165, 1.54) is 6.07 Å². The van der Waals surface area contributed by atoms with Crippen LogP contribution in [0, 0.1) is 0 Å². The van der Waals surface area contributed by atoms with Crippen molar-refractivity contribution in [2.75, 3.05) is 6.61 Å². The van der Waals surface area contributed by atoms with Crippen LogP contribution in [-0.4, -0.2) is 17.6 Å². The van der Waals surface area contributed by atoms with Gasteiger partial charge in [-0.1, -0.05) is 42.3 Å². The third-order valence-electron chi connectivity index (χ3n) is 3.13. The van der Waals surface area contributed by atoms with Gasteiger partial charge in [-0.25, -0.2) is 0 Å². The maximum atomic E-state index is 12.2. The van der Waals surface area contributed by atoms with Crippen LogP contribution in [0.15, 0.2) is 36.4 Å². The third-order valence-corrected chi connectivity index (χ3v) is 3.76. The Kier molecular flexibility index (Phi) is 6.13. The number of nitrogens with one attached hydrogen (secondary N) is 1. The van der Waals surface area contributed by atoms with Crippen molar-refractivity contribution in [3.05, 3.63) is 57.6 Å². The summed E-state index contributed by atoms with van der Waals surface area (Å²) in [6.45, 7) is 2.76. The molecule has 1 amide bonds. The molecule has 0 bridgehead atoms. The number of ether oxygens (including phenoxy) is 1. The average Bonchev–Trinajstić information content (AvgIpc) is 2.52. The number of phenols is 1. The fourth-order valence-electron chi connectivity index (χ4n) is 1.98. The second-order valence-electron chi connectivity index (χ2n) is 4.93. The Hall–Kier alpha value is -1.91. The maximum Gasteiger partial charge on any atom is 0.254 e. The van der Waals surface area contributed by atoms with Crippen LogP contribution >= 0.6 is 23.2 Å². The molecule has 0 spiro atoms. The summed E-state index contributed by atoms with van der Waals surface area (Å²) < 4.78 is 5.45. The van der Waals surface area contributed by atoms with Gasteiger partial charge in [0.2, 0.25) is 0 Å². The number of halogens is 2. The molecule has 0 unspecified atom stereocenters. The highest BCUT2D eigenvalue weighted by molar-refractivity contribution is 6.39. The Labute approximate surface area is 145 Å². The van der Waals surface area contributed by atoms with E-state index in [1.807, 2.05) is 6.92 Å². The van der Waals surface area contributed by atoms with Gasteiger partial charge in [-0.2, -0.15) is 0 Å². The van der Waals surface area contributed by atoms with E-state index < -0.39 is 0 Å². The third kappa shape index (κ3) is 4.53. The predicted molar refractivity (Wildman–Crippen MR) is 91.5 cm³/mol. The molecular formula is C17H17Cl2NO3. The molecule has 0 aliphatic carbocycles. The Morgan fingerprint density at radius 1 is 1.22 bits per heavy atom. The van der Waals surface area contributed by atoms with E-state index in [0.717, 1.165) is 12.0 Å². The highest BCUT2D eigenvalue weighted by atomic mass is 35.5. The maximum absolute atomic E-state index is 12.2. The van der Waals surface area contributed by atoms with Gasteiger partial charge >= 0.3 is 0 Å². The van der Waals surface area contributed by atoms with Crippen molar-refractivity contribution in [3.63, 3.8) is 0 Å². The van der Waals surface area contributed by atoms with Crippen molar-refractivity contribution in [1.82, 2.24) is 5.32 Å². The topological polar surface area (TPSA) is 58.6 Å². The number of phenolic OH excluding ortho intramolecular Hbond substituents is 1. The van der Waals surface area contributed by atoms with E-state index in [-0.39, 0.29) is 23.8 Å². The highest BCUT2D eigenvalue weighted by Crippen LogP contribution is 2.27. The Morgan fingerprint density at radius 2 is 1.91 bits per heavy atom. The first-order valence-corrected chi connectivity index (χ1v) is 7.95. The molecule has 122 valence electrons. The van der Waals surface area contributed by atoms with Crippen LogP contribution < -0.4 is 10.1 Å². The molecule has 0 atom stereocenters. The molecule has 2 aromatic carbocycles. The number of carbonyl (C=O) groups is 1. The first kappa shape index (κ1) is 17.4. The number of hydrogen-bond acceptors (Lipinski definition) is 3. The van der Waals surface area contributed by atoms with Gasteiger partial charge in [-0.15, -0.1) is 0 Å². The fraction of sp³-hybridized carbons (Fsp3) is 0.235. The molecule has 6 heteroatoms. The predicted octanol–water partition coefficient (Wildman–Crippen LogP) is 4.42. The molecule has 0 heterocycles. The molecule has 0 saturated carbocycles. The highest BCUT2D eigenvalue weighted by Gasteiger charge is 2.14. The smallest absolute Gasteiger partial charge is 0.254 e. The molecule has 23 heavy (non-hydrogen) atoms. The van der Waals surface area contributed by atoms with E-state index in [4.69, 9.17) is 27.9 Å². The standard InChI is InChI=1S/C17H17Cl2NO3/c1-2-8-23-15-9-11(6-7-14(15)21)10-20-17(22)16-12(18)4-3-5-13(16)19/h3-7,9,21H,2,8,10H2,1H3,(H,20,22). The van der Waals surface area contributed by atoms with Crippen LogP contribution in [0.5, 0.6) is 11.5 Å². The van der Waals surface area contributed by atoms with Gasteiger partial charge in [0.1, 0.15) is 0 Å². The van der Waals surface area contributed by atoms with Gasteiger partial charge < -0.3 is 15.2 Å². The second-order valence-corrected chi connectivity index (χ2v) is 5.74. The van der Waals surface area contributed by atoms with E-state index in [2.05, 4.69) is 5.32 Å². The summed E-state index contributed by atoms with van der Waals surface area (Å²) in [5.74, 6) is 0.113. The van der Waals surface area contributed by atoms with E-state index in [1.54, 1.807) is 30.3 Å². The molecule has 0 saturated heterocycles. The van der Waals surface area contributed by atoms with Crippen LogP contribution in [0.1, 0.15) is 29.3 Å². The van der Waals surface area contributed by atoms with Gasteiger partial charge in [0, 0.05) is 6.54 Å². The van der Waals surface area contributed by atoms with Crippen molar-refractivity contribution in [2.24, 2.45) is 0 Å². The summed E-state index contributed by atoms with van der Waals surface area (Å²) in [5.41, 5.74) is 1.04. The summed E-state index contributed by atoms with van der Waals surface area (Å²) in [5, 5.41) is 13.1. The second kappa shape index (κ2) is 8.09. The summed E-state index contributed by atoms with van der Waals surface area (Å²) in [6.07, 6.45) is 0.839. The normalized spacial score (nSPS) is 10.4. The van der Waals surface area contributed by atoms with Crippen LogP contribution in [-0.2, 0) is 6.54 Å². The molecule has 2 N–H and O–H groups in total. The first-order valence-electron chi connectivity index (χ1n) is 7.19. The van der Waals surface area contributed by atoms with Crippen molar-refractivity contribution >= 4 is 29.1 Å². The number of benzene rings is 2. The SMILES string of the molecule is CCCOc1cc(CNC(=O)c2c(Cl)cccc2Cl)ccc1O. The van der Waals surface area contributed by atoms with E-state index >= 15 is 0 Å². The van der Waals surface area contributed by atoms with Crippen molar-refractivity contribution in [2.45, 2.75) is 19.9 Å². The molecule has 2 aromatic rings. The van der Waals surface area contributed by atoms with Crippen LogP contribution in [0.25, 0.3) is 0 Å². The minimum atomic E-state index is -0.357. The average molecular weight is 354 g/mol. The lowest BCUT2D eigenvalue weighted by Crippen LogP contribution is -2.23. The summed E-state index contributed by atoms with van der Waals surface area (Å²) in [7, 11) is 0. The van der Waals surface area contributed by atoms with Gasteiger partial charge in [0.05, 0.1) is 22.2 Å². The van der Waals surface area contributed by atoms with Crippen molar-refractivity contribution in [1.29, 1.82) is 0 Å². The zero-order chi connectivity index (χ0) is 16.8. The lowest BCUT2D eigenvalue weighted by Gasteiger charge is -2.11. The van der Waals surface area contributed by atoms with Crippen LogP contribution in [0.2, 0.25) is 10.0 Å². The molecule has 2 rings (SSSR count). The first-order chi connectivity index (χ1) is 11.0. The molecule has 0 aliphatic heterocycles. The molecule has 0 fully saturated rings. The Morgan fingerprint density at radius 3 is 2.57 bits per heavy atom. The number of amides is 1. The Balaban J connectivity index is 2.07. The van der Waals surface area contributed by atoms with Crippen molar-refractivity contribution < 1.29 is 14.6 Å². The molecule has 4 nitrogen and oxygen atoms in total. The summed E-state index contributed by atoms with van der Waals surface area (Å²) in [6, 6.07) is 9.84. The number of hydrogen-bond donors (Lipinski definition) is 2. The zero-order valence-corrected chi connectivity index (χ0v) is 14.1. The quantitative estimate of drug-likeness (QED) is 0.808. The van der Waals surface area contributed by atoms with Crippen molar-refractivity contribution in [3.8, 4) is 11.5 Å². The number of carbonyl (C=O) groups excluding carboxylic acids is 1. The molecule has 0 radical (unpaired) electrons. The number of rotatable bonds is 6. The monoisotopic (exact) mass is 353 g/mol. The molecule has 0 aromatic heterocycles. The van der Waals surface area contributed by atoms with E-state index in [0.29, 0.717) is 22.4 Å². The Bertz CT molecular complexity index is 684. The largest absolute Gasteiger partial charge is 0.504 e. The van der Waals surface area contributed by atoms with Gasteiger partial charge in [0.15, 0.2) is 11.5 Å². The molecule has 0 aliphatic rings. The minimum Gasteiger partial charge on any atom is -0.504 e. The van der Waals surface area contributed by atoms with Gasteiger partial charge in [-0.05, 0) is 36.2 Å². The van der Waals surface area contributed by atoms with Gasteiger partial charge in [0.25, 0.3) is 5.91 Å². The van der Waals surface area contributed by atoms with E-state index in [9.17, 15) is 9.90 Å². The van der Waals surface area contributed by atoms with Gasteiger partial charge in [-0.3, -0.25) is 4.79 Å². The van der Waals surface area contributed by atoms with Crippen LogP contribution in [0.4, 0.5) is 0 Å². The fourth-order valence-corrected chi connectivity index (χ4v) is 2.55. The lowest BCUT2D eigenvalue weighted by molar-refractivity contribution is 0.0951. The number of aromatic hydroxyl groups is 1. The lowest BCUT2D eigenvalue weighted by atomic mass is 10.1. The summed E-state index contributed by atoms with van der Waals surface area (Å²) >= 11 is 12.0. The molecular weight excluding hydrogens is 337 g/mol. The summed E-state index contributed by atoms with van der Waals surface area (Å²) in [4.78, 5) is 12.2. The minimum absolute atomic E-state index is 0.0719.